The molecule has 0 atom stereocenters. The van der Waals surface area contributed by atoms with Crippen LogP contribution in [0.3, 0.4) is 0 Å². The third-order valence-electron chi connectivity index (χ3n) is 4.36. The van der Waals surface area contributed by atoms with E-state index in [0.29, 0.717) is 0 Å². The zero-order chi connectivity index (χ0) is 16.7. The van der Waals surface area contributed by atoms with Crippen LogP contribution in [-0.4, -0.2) is 9.52 Å². The minimum absolute atomic E-state index is 0. The van der Waals surface area contributed by atoms with E-state index >= 15 is 0 Å². The summed E-state index contributed by atoms with van der Waals surface area (Å²) in [4.78, 5) is 0. The van der Waals surface area contributed by atoms with E-state index in [1.807, 2.05) is 0 Å². The fourth-order valence-corrected chi connectivity index (χ4v) is 2.27. The fourth-order valence-electron chi connectivity index (χ4n) is 2.27. The summed E-state index contributed by atoms with van der Waals surface area (Å²) in [5.74, 6) is 0. The fraction of sp³-hybridized carbons (Fsp3) is 0.500. The van der Waals surface area contributed by atoms with E-state index < -0.39 is 0 Å². The van der Waals surface area contributed by atoms with Crippen molar-refractivity contribution in [2.45, 2.75) is 68.5 Å². The van der Waals surface area contributed by atoms with Crippen molar-refractivity contribution in [2.24, 2.45) is 0 Å². The van der Waals surface area contributed by atoms with Crippen LogP contribution in [-0.2, 0) is 21.7 Å². The molecule has 0 saturated carbocycles. The maximum atomic E-state index is 2.24. The predicted octanol–water partition coefficient (Wildman–Crippen LogP) is -0.197. The maximum Gasteiger partial charge on any atom is 4.00 e. The van der Waals surface area contributed by atoms with Crippen LogP contribution in [0.25, 0.3) is 0 Å². The largest absolute Gasteiger partial charge is 4.00 e. The van der Waals surface area contributed by atoms with Gasteiger partial charge in [0.05, 0.1) is 0 Å². The van der Waals surface area contributed by atoms with Crippen LogP contribution < -0.4 is 24.8 Å². The first-order chi connectivity index (χ1) is 9.67. The normalized spacial score (nSPS) is 8.42. The van der Waals surface area contributed by atoms with Crippen LogP contribution in [0.4, 0.5) is 0 Å². The van der Waals surface area contributed by atoms with Gasteiger partial charge in [-0.25, -0.2) is 0 Å². The van der Waals surface area contributed by atoms with Crippen molar-refractivity contribution in [3.05, 3.63) is 56.6 Å². The molecule has 0 N–H and O–H groups in total. The van der Waals surface area contributed by atoms with Gasteiger partial charge in [-0.05, 0) is 0 Å². The molecule has 0 aliphatic heterocycles. The monoisotopic (exact) mass is 419 g/mol. The Balaban J connectivity index is -0.000000130. The van der Waals surface area contributed by atoms with Gasteiger partial charge in [0.1, 0.15) is 0 Å². The van der Waals surface area contributed by atoms with Crippen LogP contribution in [0.2, 0.25) is 13.1 Å². The molecule has 0 aromatic heterocycles. The third-order valence-corrected chi connectivity index (χ3v) is 4.36. The Kier molecular flexibility index (Phi) is 20.6. The van der Waals surface area contributed by atoms with E-state index in [2.05, 4.69) is 80.6 Å². The molecule has 2 aromatic rings. The summed E-state index contributed by atoms with van der Waals surface area (Å²) < 4.78 is 0. The first-order valence-electron chi connectivity index (χ1n) is 7.81. The first-order valence-corrected chi connectivity index (χ1v) is 10.1. The maximum absolute atomic E-state index is 2.24. The summed E-state index contributed by atoms with van der Waals surface area (Å²) in [5.41, 5.74) is 11.5. The molecule has 0 heterocycles. The van der Waals surface area contributed by atoms with Gasteiger partial charge in [-0.3, -0.25) is 0 Å². The van der Waals surface area contributed by atoms with Crippen molar-refractivity contribution in [1.82, 2.24) is 0 Å². The standard InChI is InChI=1S/2C9H13.C2H7Si.2ClH.Ti/c2*1-6-5-7(2)9(4)8(6)3;1-3-2;;;/h2*5H,1-4H3;3H,1-2H3;2*1H;/q2*-1;;;;+4/p-2. The molecular formula is C20H33Cl2SiTi. The van der Waals surface area contributed by atoms with E-state index in [0.717, 1.165) is 9.52 Å². The second kappa shape index (κ2) is 15.5. The van der Waals surface area contributed by atoms with E-state index in [-0.39, 0.29) is 46.5 Å². The molecule has 4 heteroatoms. The van der Waals surface area contributed by atoms with Crippen molar-refractivity contribution in [3.63, 3.8) is 0 Å². The van der Waals surface area contributed by atoms with Gasteiger partial charge in [-0.1, -0.05) is 68.5 Å². The molecular weight excluding hydrogens is 387 g/mol. The predicted molar refractivity (Wildman–Crippen MR) is 101 cm³/mol. The number of hydrogen-bond donors (Lipinski definition) is 0. The molecule has 0 amide bonds. The number of rotatable bonds is 0. The minimum atomic E-state index is 0. The quantitative estimate of drug-likeness (QED) is 0.409. The van der Waals surface area contributed by atoms with Crippen LogP contribution >= 0.6 is 0 Å². The third kappa shape index (κ3) is 9.63. The second-order valence-electron chi connectivity index (χ2n) is 6.10. The van der Waals surface area contributed by atoms with Crippen LogP contribution in [0.15, 0.2) is 12.1 Å². The van der Waals surface area contributed by atoms with Gasteiger partial charge in [0.25, 0.3) is 0 Å². The Labute approximate surface area is 180 Å². The topological polar surface area (TPSA) is 0 Å². The Hall–Kier alpha value is 0.211. The number of hydrogen-bond acceptors (Lipinski definition) is 0. The second-order valence-corrected chi connectivity index (χ2v) is 7.25. The summed E-state index contributed by atoms with van der Waals surface area (Å²) in [6, 6.07) is 4.48. The Morgan fingerprint density at radius 3 is 0.667 bits per heavy atom. The van der Waals surface area contributed by atoms with Gasteiger partial charge < -0.3 is 24.8 Å². The zero-order valence-electron chi connectivity index (χ0n) is 17.0. The SMILES string of the molecule is C[SiH]C.Cc1[cH-]c(C)c(C)c1C.Cc1[cH-]c(C)c(C)c1C.[Cl-].[Cl-].[Ti+4]. The number of halogens is 2. The summed E-state index contributed by atoms with van der Waals surface area (Å²) in [7, 11) is 0.750. The van der Waals surface area contributed by atoms with Gasteiger partial charge in [-0.2, -0.15) is 56.6 Å². The molecule has 0 bridgehead atoms. The Morgan fingerprint density at radius 1 is 0.500 bits per heavy atom. The van der Waals surface area contributed by atoms with Gasteiger partial charge >= 0.3 is 21.7 Å². The van der Waals surface area contributed by atoms with Crippen LogP contribution in [0.1, 0.15) is 44.5 Å². The smallest absolute Gasteiger partial charge is 1.00 e. The van der Waals surface area contributed by atoms with Crippen LogP contribution in [0, 0.1) is 55.4 Å². The van der Waals surface area contributed by atoms with E-state index in [4.69, 9.17) is 0 Å². The van der Waals surface area contributed by atoms with Crippen molar-refractivity contribution < 1.29 is 46.5 Å². The summed E-state index contributed by atoms with van der Waals surface area (Å²) in [5, 5.41) is 0. The zero-order valence-corrected chi connectivity index (χ0v) is 21.2. The van der Waals surface area contributed by atoms with Crippen LogP contribution in [0.5, 0.6) is 0 Å². The molecule has 0 aliphatic carbocycles. The summed E-state index contributed by atoms with van der Waals surface area (Å²) >= 11 is 0. The van der Waals surface area contributed by atoms with E-state index in [1.54, 1.807) is 0 Å². The minimum Gasteiger partial charge on any atom is -1.00 e. The van der Waals surface area contributed by atoms with Gasteiger partial charge in [0, 0.05) is 9.52 Å². The average molecular weight is 420 g/mol. The molecule has 2 rings (SSSR count). The van der Waals surface area contributed by atoms with Crippen molar-refractivity contribution in [1.29, 1.82) is 0 Å². The molecule has 0 nitrogen and oxygen atoms in total. The van der Waals surface area contributed by atoms with Crippen molar-refractivity contribution in [3.8, 4) is 0 Å². The van der Waals surface area contributed by atoms with Crippen molar-refractivity contribution >= 4 is 9.52 Å². The summed E-state index contributed by atoms with van der Waals surface area (Å²) in [6.45, 7) is 21.8. The molecule has 24 heavy (non-hydrogen) atoms. The van der Waals surface area contributed by atoms with Gasteiger partial charge in [0.15, 0.2) is 0 Å². The van der Waals surface area contributed by atoms with E-state index in [9.17, 15) is 0 Å². The Morgan fingerprint density at radius 2 is 0.625 bits per heavy atom. The molecule has 135 valence electrons. The molecule has 2 aromatic carbocycles. The average Bonchev–Trinajstić information content (AvgIpc) is 2.77. The molecule has 0 spiro atoms. The molecule has 0 unspecified atom stereocenters. The molecule has 0 fully saturated rings. The van der Waals surface area contributed by atoms with Crippen molar-refractivity contribution in [2.75, 3.05) is 0 Å². The first kappa shape index (κ1) is 31.9. The summed E-state index contributed by atoms with van der Waals surface area (Å²) in [6.07, 6.45) is 0. The van der Waals surface area contributed by atoms with E-state index in [1.165, 1.54) is 44.5 Å². The Bertz CT molecular complexity index is 473. The molecule has 0 aliphatic rings. The van der Waals surface area contributed by atoms with Gasteiger partial charge in [-0.15, -0.1) is 0 Å². The molecule has 1 radical (unpaired) electrons. The number of aryl methyl sites for hydroxylation is 4. The van der Waals surface area contributed by atoms with Gasteiger partial charge in [0.2, 0.25) is 0 Å². The molecule has 0 saturated heterocycles.